The van der Waals surface area contributed by atoms with Crippen LogP contribution in [0.3, 0.4) is 0 Å². The van der Waals surface area contributed by atoms with Crippen LogP contribution in [-0.4, -0.2) is 72.9 Å². The van der Waals surface area contributed by atoms with Crippen molar-refractivity contribution in [1.29, 1.82) is 0 Å². The number of carbonyl (C=O) groups is 2. The van der Waals surface area contributed by atoms with Crippen molar-refractivity contribution >= 4 is 62.6 Å². The maximum atomic E-state index is 15.7. The van der Waals surface area contributed by atoms with E-state index in [1.807, 2.05) is 36.3 Å². The van der Waals surface area contributed by atoms with Gasteiger partial charge in [0.05, 0.1) is 44.1 Å². The number of amides is 2. The summed E-state index contributed by atoms with van der Waals surface area (Å²) in [6.45, 7) is 11.4. The number of aromatic nitrogens is 4. The molecule has 2 amide bonds. The molecular weight excluding hydrogens is 815 g/mol. The number of pyridine rings is 2. The number of alkyl halides is 3. The van der Waals surface area contributed by atoms with Gasteiger partial charge in [-0.2, -0.15) is 0 Å². The summed E-state index contributed by atoms with van der Waals surface area (Å²) in [7, 11) is 0. The second-order valence-corrected chi connectivity index (χ2v) is 18.0. The number of nitrogens with one attached hydrogen (secondary N) is 2. The molecule has 10 nitrogen and oxygen atoms in total. The number of likely N-dealkylation sites (tertiary alicyclic amines) is 1. The lowest BCUT2D eigenvalue weighted by Gasteiger charge is -2.55. The van der Waals surface area contributed by atoms with E-state index < -0.39 is 40.6 Å². The molecule has 2 saturated carbocycles. The number of carbonyl (C=O) groups excluding carboxylic acids is 2. The molecule has 1 saturated heterocycles. The third-order valence-corrected chi connectivity index (χ3v) is 12.7. The standard InChI is InChI=1S/C39H43F4IN8O2/c1-20-24(34(53)49-39(9-10-39)35(42)43)14-26(30(41)29(20)40)48-33-31-27(46-19-51(31)21(2)44)15-25(47-33)22-13-28-32(45-18-22)37(3,4)36(54)52(28)23-16-38(5,17-23)50-11-7-6-8-12-50/h13-15,18-19,21,23,35H,6-12,16-17H2,1-5H3,(H,47,48)(H,49,53). The summed E-state index contributed by atoms with van der Waals surface area (Å²) in [5.74, 6) is -3.31. The van der Waals surface area contributed by atoms with Crippen LogP contribution in [0.4, 0.5) is 34.8 Å². The summed E-state index contributed by atoms with van der Waals surface area (Å²) < 4.78 is 60.1. The van der Waals surface area contributed by atoms with Gasteiger partial charge < -0.3 is 20.1 Å². The summed E-state index contributed by atoms with van der Waals surface area (Å²) in [6.07, 6.45) is 6.06. The lowest BCUT2D eigenvalue weighted by molar-refractivity contribution is -0.123. The summed E-state index contributed by atoms with van der Waals surface area (Å²) in [5.41, 5.74) is 0.0414. The van der Waals surface area contributed by atoms with Gasteiger partial charge in [0.25, 0.3) is 12.3 Å². The normalized spacial score (nSPS) is 23.7. The molecule has 54 heavy (non-hydrogen) atoms. The fraction of sp³-hybridized carbons (Fsp3) is 0.513. The Balaban J connectivity index is 1.17. The zero-order chi connectivity index (χ0) is 38.5. The van der Waals surface area contributed by atoms with E-state index in [4.69, 9.17) is 9.97 Å². The number of fused-ring (bicyclic) bond motifs is 2. The van der Waals surface area contributed by atoms with E-state index in [0.717, 1.165) is 37.7 Å². The van der Waals surface area contributed by atoms with E-state index in [0.29, 0.717) is 28.0 Å². The molecule has 1 unspecified atom stereocenters. The molecule has 15 heteroatoms. The van der Waals surface area contributed by atoms with Gasteiger partial charge in [-0.25, -0.2) is 27.5 Å². The summed E-state index contributed by atoms with van der Waals surface area (Å²) in [6, 6.07) is 4.86. The minimum atomic E-state index is -2.79. The van der Waals surface area contributed by atoms with Crippen molar-refractivity contribution in [1.82, 2.24) is 29.7 Å². The summed E-state index contributed by atoms with van der Waals surface area (Å²) in [4.78, 5) is 46.0. The third kappa shape index (κ3) is 5.95. The SMILES string of the molecule is Cc1c(C(=O)NC2(C(F)F)CC2)cc(Nc2nc(-c3cnc4c(c3)N(C3CC(C)(N5CCCCC5)C3)C(=O)C4(C)C)cc3ncn(C(C)I)c23)c(F)c1F. The van der Waals surface area contributed by atoms with Gasteiger partial charge >= 0.3 is 0 Å². The number of nitrogens with zero attached hydrogens (tertiary/aromatic N) is 6. The Hall–Kier alpha value is -3.86. The van der Waals surface area contributed by atoms with Crippen molar-refractivity contribution in [3.8, 4) is 11.3 Å². The largest absolute Gasteiger partial charge is 0.341 e. The second-order valence-electron chi connectivity index (χ2n) is 16.2. The molecule has 4 aliphatic rings. The van der Waals surface area contributed by atoms with Crippen LogP contribution in [-0.2, 0) is 10.2 Å². The van der Waals surface area contributed by atoms with Crippen LogP contribution in [0.2, 0.25) is 0 Å². The van der Waals surface area contributed by atoms with Crippen molar-refractivity contribution < 1.29 is 27.2 Å². The Kier molecular flexibility index (Phi) is 9.01. The first-order valence-corrected chi connectivity index (χ1v) is 19.8. The Morgan fingerprint density at radius 2 is 1.72 bits per heavy atom. The maximum absolute atomic E-state index is 15.7. The van der Waals surface area contributed by atoms with Crippen LogP contribution in [0.25, 0.3) is 22.3 Å². The minimum Gasteiger partial charge on any atom is -0.341 e. The molecule has 2 aliphatic heterocycles. The number of anilines is 3. The predicted molar refractivity (Wildman–Crippen MR) is 207 cm³/mol. The highest BCUT2D eigenvalue weighted by molar-refractivity contribution is 14.1. The van der Waals surface area contributed by atoms with Crippen molar-refractivity contribution in [2.45, 2.75) is 113 Å². The molecule has 0 spiro atoms. The topological polar surface area (TPSA) is 108 Å². The van der Waals surface area contributed by atoms with E-state index in [1.165, 1.54) is 26.2 Å². The minimum absolute atomic E-state index is 0.00579. The summed E-state index contributed by atoms with van der Waals surface area (Å²) in [5, 5.41) is 5.26. The average molecular weight is 859 g/mol. The van der Waals surface area contributed by atoms with Gasteiger partial charge in [-0.1, -0.05) is 29.0 Å². The average Bonchev–Trinajstić information content (AvgIpc) is 3.73. The van der Waals surface area contributed by atoms with Gasteiger partial charge in [0, 0.05) is 34.5 Å². The smallest absolute Gasteiger partial charge is 0.261 e. The van der Waals surface area contributed by atoms with Gasteiger partial charge in [0.1, 0.15) is 11.1 Å². The van der Waals surface area contributed by atoms with Crippen molar-refractivity contribution in [2.24, 2.45) is 0 Å². The van der Waals surface area contributed by atoms with Crippen LogP contribution in [0.1, 0.15) is 98.3 Å². The molecule has 3 fully saturated rings. The van der Waals surface area contributed by atoms with E-state index in [2.05, 4.69) is 50.0 Å². The van der Waals surface area contributed by atoms with Crippen molar-refractivity contribution in [3.05, 3.63) is 59.2 Å². The second kappa shape index (κ2) is 13.1. The fourth-order valence-electron chi connectivity index (χ4n) is 8.52. The molecule has 0 radical (unpaired) electrons. The number of hydrogen-bond donors (Lipinski definition) is 2. The molecule has 286 valence electrons. The quantitative estimate of drug-likeness (QED) is 0.0991. The molecule has 1 aromatic carbocycles. The zero-order valence-electron chi connectivity index (χ0n) is 30.9. The number of imidazole rings is 1. The van der Waals surface area contributed by atoms with Crippen molar-refractivity contribution in [3.63, 3.8) is 0 Å². The van der Waals surface area contributed by atoms with Gasteiger partial charge in [-0.15, -0.1) is 0 Å². The highest BCUT2D eigenvalue weighted by Gasteiger charge is 2.55. The Labute approximate surface area is 324 Å². The molecule has 0 bridgehead atoms. The number of hydrogen-bond acceptors (Lipinski definition) is 7. The van der Waals surface area contributed by atoms with Crippen LogP contribution in [0.15, 0.2) is 30.7 Å². The van der Waals surface area contributed by atoms with Crippen LogP contribution in [0.5, 0.6) is 0 Å². The van der Waals surface area contributed by atoms with E-state index in [9.17, 15) is 18.4 Å². The molecule has 1 atom stereocenters. The van der Waals surface area contributed by atoms with Crippen LogP contribution in [0, 0.1) is 18.6 Å². The Bertz CT molecular complexity index is 2190. The highest BCUT2D eigenvalue weighted by Crippen LogP contribution is 2.50. The van der Waals surface area contributed by atoms with Gasteiger partial charge in [0.2, 0.25) is 5.91 Å². The van der Waals surface area contributed by atoms with E-state index in [1.54, 1.807) is 18.6 Å². The number of benzene rings is 1. The first kappa shape index (κ1) is 37.1. The molecule has 3 aromatic heterocycles. The molecule has 5 heterocycles. The monoisotopic (exact) mass is 858 g/mol. The summed E-state index contributed by atoms with van der Waals surface area (Å²) >= 11 is 2.20. The first-order chi connectivity index (χ1) is 25.5. The molecule has 2 aliphatic carbocycles. The maximum Gasteiger partial charge on any atom is 0.261 e. The lowest BCUT2D eigenvalue weighted by atomic mass is 9.71. The van der Waals surface area contributed by atoms with E-state index in [-0.39, 0.29) is 51.3 Å². The molecule has 8 rings (SSSR count). The van der Waals surface area contributed by atoms with Crippen LogP contribution < -0.4 is 15.5 Å². The lowest BCUT2D eigenvalue weighted by Crippen LogP contribution is -2.64. The zero-order valence-corrected chi connectivity index (χ0v) is 33.0. The van der Waals surface area contributed by atoms with Gasteiger partial charge in [-0.05, 0) is 104 Å². The Morgan fingerprint density at radius 1 is 1.02 bits per heavy atom. The Morgan fingerprint density at radius 3 is 2.37 bits per heavy atom. The van der Waals surface area contributed by atoms with Gasteiger partial charge in [-0.3, -0.25) is 19.5 Å². The molecular formula is C39H43F4IN8O2. The van der Waals surface area contributed by atoms with Gasteiger partial charge in [0.15, 0.2) is 17.5 Å². The number of rotatable bonds is 9. The van der Waals surface area contributed by atoms with E-state index >= 15 is 8.78 Å². The third-order valence-electron chi connectivity index (χ3n) is 12.1. The van der Waals surface area contributed by atoms with Crippen molar-refractivity contribution in [2.75, 3.05) is 23.3 Å². The highest BCUT2D eigenvalue weighted by atomic mass is 127. The molecule has 2 N–H and O–H groups in total. The fourth-order valence-corrected chi connectivity index (χ4v) is 8.95. The first-order valence-electron chi connectivity index (χ1n) is 18.5. The van der Waals surface area contributed by atoms with Crippen LogP contribution >= 0.6 is 22.6 Å². The molecule has 4 aromatic rings. The number of halogens is 5. The predicted octanol–water partition coefficient (Wildman–Crippen LogP) is 8.34. The number of piperidine rings is 1.